The van der Waals surface area contributed by atoms with Gasteiger partial charge in [-0.2, -0.15) is 4.89 Å². The molecule has 0 aliphatic carbocycles. The minimum Gasteiger partial charge on any atom is -0.447 e. The highest BCUT2D eigenvalue weighted by molar-refractivity contribution is 6.31. The molecule has 0 fully saturated rings. The van der Waals surface area contributed by atoms with Crippen molar-refractivity contribution in [3.8, 4) is 0 Å². The fraction of sp³-hybridized carbons (Fsp3) is 0.182. The molecule has 0 saturated carbocycles. The van der Waals surface area contributed by atoms with Crippen molar-refractivity contribution in [2.24, 2.45) is 0 Å². The van der Waals surface area contributed by atoms with Gasteiger partial charge in [0.25, 0.3) is 0 Å². The molecule has 0 saturated heterocycles. The molecule has 0 radical (unpaired) electrons. The molecule has 0 unspecified atom stereocenters. The molecule has 0 amide bonds. The predicted octanol–water partition coefficient (Wildman–Crippen LogP) is 2.78. The molecule has 17 heavy (non-hydrogen) atoms. The van der Waals surface area contributed by atoms with Crippen LogP contribution in [0.15, 0.2) is 22.6 Å². The number of carbonyl (C=O) groups is 1. The maximum absolute atomic E-state index is 11.5. The molecular weight excluding hydrogens is 246 g/mol. The van der Waals surface area contributed by atoms with E-state index in [9.17, 15) is 4.79 Å². The van der Waals surface area contributed by atoms with Crippen molar-refractivity contribution in [1.82, 2.24) is 0 Å². The fourth-order valence-electron chi connectivity index (χ4n) is 1.39. The quantitative estimate of drug-likeness (QED) is 0.674. The van der Waals surface area contributed by atoms with Gasteiger partial charge < -0.3 is 10.2 Å². The van der Waals surface area contributed by atoms with Crippen LogP contribution in [0.1, 0.15) is 17.5 Å². The van der Waals surface area contributed by atoms with Crippen molar-refractivity contribution in [3.63, 3.8) is 0 Å². The Hall–Kier alpha value is -1.72. The zero-order chi connectivity index (χ0) is 12.4. The van der Waals surface area contributed by atoms with Crippen molar-refractivity contribution >= 4 is 34.2 Å². The zero-order valence-corrected chi connectivity index (χ0v) is 9.78. The van der Waals surface area contributed by atoms with Gasteiger partial charge in [-0.05, 0) is 25.1 Å². The number of nitrogen functional groups attached to an aromatic ring is 1. The number of hydrogen-bond donors (Lipinski definition) is 1. The number of nitrogens with two attached hydrogens (primary N) is 1. The van der Waals surface area contributed by atoms with E-state index in [0.717, 1.165) is 0 Å². The predicted molar refractivity (Wildman–Crippen MR) is 62.7 cm³/mol. The van der Waals surface area contributed by atoms with Gasteiger partial charge in [0.1, 0.15) is 5.58 Å². The Morgan fingerprint density at radius 2 is 2.29 bits per heavy atom. The number of carbonyl (C=O) groups excluding carboxylic acids is 1. The molecule has 0 aliphatic heterocycles. The largest absolute Gasteiger partial charge is 0.447 e. The van der Waals surface area contributed by atoms with Crippen LogP contribution in [0.2, 0.25) is 5.02 Å². The zero-order valence-electron chi connectivity index (χ0n) is 9.03. The Morgan fingerprint density at radius 3 is 3.00 bits per heavy atom. The standard InChI is InChI=1S/C11H10ClNO4/c1-2-15-17-11(14)10-9(13)7-5-6(12)3-4-8(7)16-10/h3-5H,2,13H2,1H3. The number of furan rings is 1. The lowest BCUT2D eigenvalue weighted by Crippen LogP contribution is -2.06. The highest BCUT2D eigenvalue weighted by atomic mass is 35.5. The molecular formula is C11H10ClNO4. The summed E-state index contributed by atoms with van der Waals surface area (Å²) in [6.45, 7) is 1.94. The van der Waals surface area contributed by atoms with E-state index < -0.39 is 5.97 Å². The van der Waals surface area contributed by atoms with E-state index in [0.29, 0.717) is 16.0 Å². The van der Waals surface area contributed by atoms with Crippen molar-refractivity contribution in [1.29, 1.82) is 0 Å². The molecule has 0 spiro atoms. The van der Waals surface area contributed by atoms with Crippen molar-refractivity contribution in [2.45, 2.75) is 6.92 Å². The van der Waals surface area contributed by atoms with Crippen LogP contribution in [0.3, 0.4) is 0 Å². The Balaban J connectivity index is 2.42. The molecule has 0 bridgehead atoms. The van der Waals surface area contributed by atoms with Crippen molar-refractivity contribution in [3.05, 3.63) is 29.0 Å². The summed E-state index contributed by atoms with van der Waals surface area (Å²) in [5.74, 6) is -0.854. The number of fused-ring (bicyclic) bond motifs is 1. The monoisotopic (exact) mass is 255 g/mol. The van der Waals surface area contributed by atoms with Crippen LogP contribution in [-0.4, -0.2) is 12.6 Å². The number of anilines is 1. The third-order valence-corrected chi connectivity index (χ3v) is 2.36. The highest BCUT2D eigenvalue weighted by Gasteiger charge is 2.20. The smallest absolute Gasteiger partial charge is 0.410 e. The summed E-state index contributed by atoms with van der Waals surface area (Å²) in [5.41, 5.74) is 6.43. The summed E-state index contributed by atoms with van der Waals surface area (Å²) < 4.78 is 5.27. The van der Waals surface area contributed by atoms with Gasteiger partial charge >= 0.3 is 5.97 Å². The fourth-order valence-corrected chi connectivity index (χ4v) is 1.56. The number of rotatable bonds is 3. The van der Waals surface area contributed by atoms with E-state index >= 15 is 0 Å². The normalized spacial score (nSPS) is 10.7. The summed E-state index contributed by atoms with van der Waals surface area (Å²) >= 11 is 5.82. The first-order valence-corrected chi connectivity index (χ1v) is 5.32. The molecule has 6 heteroatoms. The Labute approximate surface area is 102 Å². The molecule has 2 aromatic rings. The lowest BCUT2D eigenvalue weighted by molar-refractivity contribution is -0.237. The van der Waals surface area contributed by atoms with Crippen LogP contribution in [-0.2, 0) is 9.78 Å². The van der Waals surface area contributed by atoms with Crippen LogP contribution < -0.4 is 5.73 Å². The SMILES string of the molecule is CCOOC(=O)c1oc2ccc(Cl)cc2c1N. The molecule has 1 aromatic heterocycles. The molecule has 2 N–H and O–H groups in total. The van der Waals surface area contributed by atoms with Crippen molar-refractivity contribution in [2.75, 3.05) is 12.3 Å². The Morgan fingerprint density at radius 1 is 1.53 bits per heavy atom. The Kier molecular flexibility index (Phi) is 3.21. The maximum Gasteiger partial charge on any atom is 0.410 e. The second-order valence-corrected chi connectivity index (χ2v) is 3.70. The van der Waals surface area contributed by atoms with Crippen LogP contribution in [0.25, 0.3) is 11.0 Å². The molecule has 2 rings (SSSR count). The third-order valence-electron chi connectivity index (χ3n) is 2.13. The van der Waals surface area contributed by atoms with Crippen LogP contribution >= 0.6 is 11.6 Å². The second kappa shape index (κ2) is 4.65. The number of halogens is 1. The molecule has 1 heterocycles. The second-order valence-electron chi connectivity index (χ2n) is 3.26. The molecule has 0 atom stereocenters. The minimum absolute atomic E-state index is 0.0873. The molecule has 1 aromatic carbocycles. The molecule has 5 nitrogen and oxygen atoms in total. The lowest BCUT2D eigenvalue weighted by atomic mass is 10.2. The summed E-state index contributed by atoms with van der Waals surface area (Å²) in [7, 11) is 0. The van der Waals surface area contributed by atoms with Gasteiger partial charge in [-0.1, -0.05) is 11.6 Å². The molecule has 0 aliphatic rings. The summed E-state index contributed by atoms with van der Waals surface area (Å²) in [5, 5.41) is 1.08. The van der Waals surface area contributed by atoms with E-state index in [-0.39, 0.29) is 18.1 Å². The average Bonchev–Trinajstić information content (AvgIpc) is 2.64. The van der Waals surface area contributed by atoms with Gasteiger partial charge in [-0.25, -0.2) is 4.79 Å². The van der Waals surface area contributed by atoms with E-state index in [1.54, 1.807) is 25.1 Å². The van der Waals surface area contributed by atoms with Crippen LogP contribution in [0, 0.1) is 0 Å². The van der Waals surface area contributed by atoms with Crippen LogP contribution in [0.5, 0.6) is 0 Å². The van der Waals surface area contributed by atoms with E-state index in [2.05, 4.69) is 9.78 Å². The maximum atomic E-state index is 11.5. The Bertz CT molecular complexity index is 564. The summed E-state index contributed by atoms with van der Waals surface area (Å²) in [6, 6.07) is 4.89. The average molecular weight is 256 g/mol. The molecule has 90 valence electrons. The lowest BCUT2D eigenvalue weighted by Gasteiger charge is -1.98. The van der Waals surface area contributed by atoms with Gasteiger partial charge in [-0.15, -0.1) is 0 Å². The number of hydrogen-bond acceptors (Lipinski definition) is 5. The summed E-state index contributed by atoms with van der Waals surface area (Å²) in [4.78, 5) is 20.5. The van der Waals surface area contributed by atoms with Gasteiger partial charge in [0.05, 0.1) is 12.3 Å². The van der Waals surface area contributed by atoms with Crippen LogP contribution in [0.4, 0.5) is 5.69 Å². The summed E-state index contributed by atoms with van der Waals surface area (Å²) in [6.07, 6.45) is 0. The highest BCUT2D eigenvalue weighted by Crippen LogP contribution is 2.30. The first kappa shape index (κ1) is 11.8. The van der Waals surface area contributed by atoms with Gasteiger partial charge in [0.15, 0.2) is 0 Å². The first-order valence-electron chi connectivity index (χ1n) is 4.94. The van der Waals surface area contributed by atoms with Gasteiger partial charge in [0.2, 0.25) is 5.76 Å². The van der Waals surface area contributed by atoms with E-state index in [1.807, 2.05) is 0 Å². The number of benzene rings is 1. The van der Waals surface area contributed by atoms with Gasteiger partial charge in [-0.3, -0.25) is 4.89 Å². The van der Waals surface area contributed by atoms with Crippen molar-refractivity contribution < 1.29 is 19.0 Å². The first-order chi connectivity index (χ1) is 8.13. The topological polar surface area (TPSA) is 74.7 Å². The van der Waals surface area contributed by atoms with E-state index in [1.165, 1.54) is 0 Å². The van der Waals surface area contributed by atoms with E-state index in [4.69, 9.17) is 21.8 Å². The third kappa shape index (κ3) is 2.20. The van der Waals surface area contributed by atoms with Gasteiger partial charge in [0, 0.05) is 10.4 Å². The minimum atomic E-state index is -0.767.